The third-order valence-corrected chi connectivity index (χ3v) is 6.54. The summed E-state index contributed by atoms with van der Waals surface area (Å²) in [4.78, 5) is 0.201. The highest BCUT2D eigenvalue weighted by atomic mass is 79.9. The van der Waals surface area contributed by atoms with Crippen LogP contribution in [0.4, 0.5) is 0 Å². The van der Waals surface area contributed by atoms with E-state index in [1.54, 1.807) is 22.5 Å². The monoisotopic (exact) mass is 365 g/mol. The number of piperidine rings is 1. The van der Waals surface area contributed by atoms with E-state index >= 15 is 0 Å². The Labute approximate surface area is 128 Å². The number of sulfonamides is 1. The molecule has 1 aromatic rings. The molecule has 3 nitrogen and oxygen atoms in total. The minimum Gasteiger partial charge on any atom is -0.207 e. The maximum absolute atomic E-state index is 12.5. The van der Waals surface area contributed by atoms with E-state index in [2.05, 4.69) is 22.9 Å². The van der Waals surface area contributed by atoms with Crippen LogP contribution < -0.4 is 0 Å². The number of nitrogens with zero attached hydrogens (tertiary/aromatic N) is 1. The topological polar surface area (TPSA) is 37.4 Å². The molecule has 1 aromatic carbocycles. The summed E-state index contributed by atoms with van der Waals surface area (Å²) < 4.78 is 27.4. The van der Waals surface area contributed by atoms with Crippen molar-refractivity contribution in [3.05, 3.63) is 27.7 Å². The van der Waals surface area contributed by atoms with Crippen molar-refractivity contribution in [1.82, 2.24) is 4.31 Å². The Morgan fingerprint density at radius 2 is 2.00 bits per heavy atom. The Morgan fingerprint density at radius 1 is 1.37 bits per heavy atom. The van der Waals surface area contributed by atoms with E-state index in [4.69, 9.17) is 11.6 Å². The molecule has 0 unspecified atom stereocenters. The summed E-state index contributed by atoms with van der Waals surface area (Å²) in [7, 11) is -3.46. The third kappa shape index (κ3) is 3.32. The molecule has 1 fully saturated rings. The molecule has 0 spiro atoms. The van der Waals surface area contributed by atoms with E-state index in [0.717, 1.165) is 23.7 Å². The standard InChI is InChI=1S/C13H17BrClNO2S/c1-2-10-5-7-16(8-6-10)19(17,18)13-4-3-11(14)9-12(13)15/h3-4,9-10H,2,5-8H2,1H3. The average Bonchev–Trinajstić information content (AvgIpc) is 2.38. The lowest BCUT2D eigenvalue weighted by Crippen LogP contribution is -2.38. The van der Waals surface area contributed by atoms with Gasteiger partial charge in [-0.05, 0) is 37.0 Å². The fraction of sp³-hybridized carbons (Fsp3) is 0.538. The van der Waals surface area contributed by atoms with E-state index in [0.29, 0.717) is 19.0 Å². The number of halogens is 2. The van der Waals surface area contributed by atoms with Crippen LogP contribution in [-0.2, 0) is 10.0 Å². The molecule has 0 saturated carbocycles. The summed E-state index contributed by atoms with van der Waals surface area (Å²) in [6.45, 7) is 3.33. The molecule has 0 aromatic heterocycles. The molecule has 6 heteroatoms. The minimum absolute atomic E-state index is 0.201. The van der Waals surface area contributed by atoms with Crippen LogP contribution in [0, 0.1) is 5.92 Å². The summed E-state index contributed by atoms with van der Waals surface area (Å²) in [5.74, 6) is 0.645. The van der Waals surface area contributed by atoms with Gasteiger partial charge in [0.05, 0.1) is 5.02 Å². The second kappa shape index (κ2) is 6.12. The van der Waals surface area contributed by atoms with Crippen LogP contribution in [0.2, 0.25) is 5.02 Å². The van der Waals surface area contributed by atoms with Crippen LogP contribution in [0.25, 0.3) is 0 Å². The molecule has 1 heterocycles. The van der Waals surface area contributed by atoms with Crippen LogP contribution in [0.1, 0.15) is 26.2 Å². The molecule has 0 bridgehead atoms. The van der Waals surface area contributed by atoms with Crippen LogP contribution in [0.3, 0.4) is 0 Å². The molecule has 106 valence electrons. The van der Waals surface area contributed by atoms with Crippen LogP contribution in [0.5, 0.6) is 0 Å². The van der Waals surface area contributed by atoms with Gasteiger partial charge in [0.1, 0.15) is 4.90 Å². The number of hydrogen-bond acceptors (Lipinski definition) is 2. The fourth-order valence-electron chi connectivity index (χ4n) is 2.38. The third-order valence-electron chi connectivity index (χ3n) is 3.66. The Balaban J connectivity index is 2.23. The van der Waals surface area contributed by atoms with E-state index in [9.17, 15) is 8.42 Å². The van der Waals surface area contributed by atoms with Gasteiger partial charge in [-0.15, -0.1) is 0 Å². The lowest BCUT2D eigenvalue weighted by atomic mass is 9.96. The lowest BCUT2D eigenvalue weighted by molar-refractivity contribution is 0.269. The van der Waals surface area contributed by atoms with Crippen molar-refractivity contribution < 1.29 is 8.42 Å². The number of hydrogen-bond donors (Lipinski definition) is 0. The average molecular weight is 367 g/mol. The zero-order valence-electron chi connectivity index (χ0n) is 10.8. The Kier molecular flexibility index (Phi) is 4.93. The number of benzene rings is 1. The summed E-state index contributed by atoms with van der Waals surface area (Å²) in [6, 6.07) is 4.89. The first kappa shape index (κ1) is 15.3. The Morgan fingerprint density at radius 3 is 2.53 bits per heavy atom. The van der Waals surface area contributed by atoms with Gasteiger partial charge in [-0.2, -0.15) is 4.31 Å². The molecule has 0 aliphatic carbocycles. The fourth-order valence-corrected chi connectivity index (χ4v) is 4.86. The summed E-state index contributed by atoms with van der Waals surface area (Å²) >= 11 is 9.34. The lowest BCUT2D eigenvalue weighted by Gasteiger charge is -2.30. The maximum atomic E-state index is 12.5. The highest BCUT2D eigenvalue weighted by Crippen LogP contribution is 2.30. The summed E-state index contributed by atoms with van der Waals surface area (Å²) in [5.41, 5.74) is 0. The van der Waals surface area contributed by atoms with Crippen LogP contribution in [0.15, 0.2) is 27.6 Å². The van der Waals surface area contributed by atoms with Gasteiger partial charge in [-0.3, -0.25) is 0 Å². The van der Waals surface area contributed by atoms with Gasteiger partial charge in [0, 0.05) is 17.6 Å². The largest absolute Gasteiger partial charge is 0.244 e. The highest BCUT2D eigenvalue weighted by molar-refractivity contribution is 9.10. The van der Waals surface area contributed by atoms with Gasteiger partial charge in [0.15, 0.2) is 0 Å². The summed E-state index contributed by atoms with van der Waals surface area (Å²) in [6.07, 6.45) is 2.99. The van der Waals surface area contributed by atoms with Gasteiger partial charge in [0.2, 0.25) is 10.0 Å². The first-order valence-corrected chi connectivity index (χ1v) is 9.01. The molecule has 0 N–H and O–H groups in total. The predicted octanol–water partition coefficient (Wildman–Crippen LogP) is 3.91. The molecule has 0 radical (unpaired) electrons. The van der Waals surface area contributed by atoms with E-state index in [1.165, 1.54) is 0 Å². The molecule has 1 aliphatic rings. The van der Waals surface area contributed by atoms with Crippen molar-refractivity contribution in [2.24, 2.45) is 5.92 Å². The molecule has 19 heavy (non-hydrogen) atoms. The minimum atomic E-state index is -3.46. The Bertz CT molecular complexity index is 554. The maximum Gasteiger partial charge on any atom is 0.244 e. The normalized spacial score (nSPS) is 18.7. The predicted molar refractivity (Wildman–Crippen MR) is 80.9 cm³/mol. The molecular formula is C13H17BrClNO2S. The number of rotatable bonds is 3. The quantitative estimate of drug-likeness (QED) is 0.813. The zero-order chi connectivity index (χ0) is 14.0. The first-order valence-electron chi connectivity index (χ1n) is 6.40. The van der Waals surface area contributed by atoms with Gasteiger partial charge in [0.25, 0.3) is 0 Å². The van der Waals surface area contributed by atoms with Gasteiger partial charge >= 0.3 is 0 Å². The van der Waals surface area contributed by atoms with Gasteiger partial charge < -0.3 is 0 Å². The van der Waals surface area contributed by atoms with Crippen LogP contribution in [-0.4, -0.2) is 25.8 Å². The van der Waals surface area contributed by atoms with E-state index < -0.39 is 10.0 Å². The molecular weight excluding hydrogens is 350 g/mol. The zero-order valence-corrected chi connectivity index (χ0v) is 13.9. The van der Waals surface area contributed by atoms with Crippen molar-refractivity contribution in [1.29, 1.82) is 0 Å². The smallest absolute Gasteiger partial charge is 0.207 e. The van der Waals surface area contributed by atoms with Crippen molar-refractivity contribution in [3.63, 3.8) is 0 Å². The van der Waals surface area contributed by atoms with E-state index in [1.807, 2.05) is 0 Å². The van der Waals surface area contributed by atoms with Crippen LogP contribution >= 0.6 is 27.5 Å². The summed E-state index contributed by atoms with van der Waals surface area (Å²) in [5, 5.41) is 0.270. The second-order valence-corrected chi connectivity index (χ2v) is 8.06. The molecule has 0 amide bonds. The molecule has 1 saturated heterocycles. The highest BCUT2D eigenvalue weighted by Gasteiger charge is 2.30. The molecule has 1 aliphatic heterocycles. The van der Waals surface area contributed by atoms with Gasteiger partial charge in [-0.1, -0.05) is 40.9 Å². The van der Waals surface area contributed by atoms with Crippen molar-refractivity contribution >= 4 is 37.6 Å². The SMILES string of the molecule is CCC1CCN(S(=O)(=O)c2ccc(Br)cc2Cl)CC1. The van der Waals surface area contributed by atoms with Crippen molar-refractivity contribution in [3.8, 4) is 0 Å². The second-order valence-electron chi connectivity index (χ2n) is 4.83. The van der Waals surface area contributed by atoms with Crippen molar-refractivity contribution in [2.45, 2.75) is 31.1 Å². The van der Waals surface area contributed by atoms with E-state index in [-0.39, 0.29) is 9.92 Å². The molecule has 2 rings (SSSR count). The van der Waals surface area contributed by atoms with Gasteiger partial charge in [-0.25, -0.2) is 8.42 Å². The molecule has 0 atom stereocenters. The first-order chi connectivity index (χ1) is 8.95. The Hall–Kier alpha value is -0.100. The van der Waals surface area contributed by atoms with Crippen molar-refractivity contribution in [2.75, 3.05) is 13.1 Å².